The van der Waals surface area contributed by atoms with E-state index in [9.17, 15) is 19.5 Å². The van der Waals surface area contributed by atoms with Crippen molar-refractivity contribution >= 4 is 17.8 Å². The first-order valence-corrected chi connectivity index (χ1v) is 9.02. The lowest BCUT2D eigenvalue weighted by Gasteiger charge is -2.22. The molecule has 0 bridgehead atoms. The predicted molar refractivity (Wildman–Crippen MR) is 97.3 cm³/mol. The van der Waals surface area contributed by atoms with E-state index >= 15 is 0 Å². The van der Waals surface area contributed by atoms with E-state index in [0.29, 0.717) is 6.42 Å². The molecule has 1 aliphatic rings. The van der Waals surface area contributed by atoms with Crippen molar-refractivity contribution in [3.05, 3.63) is 35.9 Å². The van der Waals surface area contributed by atoms with Crippen molar-refractivity contribution in [2.75, 3.05) is 13.2 Å². The molecule has 7 heteroatoms. The zero-order valence-electron chi connectivity index (χ0n) is 15.3. The average Bonchev–Trinajstić information content (AvgIpc) is 2.91. The number of aliphatic hydroxyl groups excluding tert-OH is 1. The van der Waals surface area contributed by atoms with Crippen LogP contribution in [-0.4, -0.2) is 53.1 Å². The number of carbonyl (C=O) groups excluding carboxylic acids is 3. The number of carbonyl (C=O) groups is 3. The molecule has 1 aliphatic heterocycles. The van der Waals surface area contributed by atoms with E-state index in [1.807, 2.05) is 44.2 Å². The van der Waals surface area contributed by atoms with Crippen LogP contribution in [0.3, 0.4) is 0 Å². The zero-order chi connectivity index (χ0) is 19.1. The van der Waals surface area contributed by atoms with Crippen LogP contribution < -0.4 is 10.6 Å². The largest absolute Gasteiger partial charge is 0.394 e. The molecule has 0 saturated carbocycles. The number of hydrogen-bond acceptors (Lipinski definition) is 4. The second-order valence-electron chi connectivity index (χ2n) is 6.67. The Morgan fingerprint density at radius 3 is 2.62 bits per heavy atom. The van der Waals surface area contributed by atoms with Gasteiger partial charge in [-0.25, -0.2) is 4.79 Å². The molecule has 7 nitrogen and oxygen atoms in total. The Morgan fingerprint density at radius 2 is 2.00 bits per heavy atom. The van der Waals surface area contributed by atoms with Crippen LogP contribution >= 0.6 is 0 Å². The van der Waals surface area contributed by atoms with Crippen molar-refractivity contribution in [3.8, 4) is 0 Å². The summed E-state index contributed by atoms with van der Waals surface area (Å²) in [6.07, 6.45) is 1.26. The van der Waals surface area contributed by atoms with Gasteiger partial charge < -0.3 is 15.7 Å². The number of nitrogens with zero attached hydrogens (tertiary/aromatic N) is 1. The van der Waals surface area contributed by atoms with Crippen LogP contribution in [0.4, 0.5) is 4.79 Å². The van der Waals surface area contributed by atoms with E-state index in [4.69, 9.17) is 0 Å². The fourth-order valence-electron chi connectivity index (χ4n) is 2.92. The van der Waals surface area contributed by atoms with E-state index in [-0.39, 0.29) is 43.3 Å². The molecule has 0 spiro atoms. The monoisotopic (exact) mass is 361 g/mol. The standard InChI is InChI=1S/C19H27N3O4/c1-3-13(2)16(12-23)20-17(24)11-15-18(25)22(19(26)21-15)10-9-14-7-5-4-6-8-14/h4-8,13,15-16,23H,3,9-12H2,1-2H3,(H,20,24)(H,21,26)/t13-,15-,16+/m0/s1. The van der Waals surface area contributed by atoms with Crippen LogP contribution in [-0.2, 0) is 16.0 Å². The first kappa shape index (κ1) is 19.9. The number of hydrogen-bond donors (Lipinski definition) is 3. The van der Waals surface area contributed by atoms with Gasteiger partial charge in [-0.3, -0.25) is 14.5 Å². The third-order valence-electron chi connectivity index (χ3n) is 4.84. The summed E-state index contributed by atoms with van der Waals surface area (Å²) in [6.45, 7) is 4.04. The fourth-order valence-corrected chi connectivity index (χ4v) is 2.92. The van der Waals surface area contributed by atoms with E-state index in [1.165, 1.54) is 0 Å². The van der Waals surface area contributed by atoms with Crippen LogP contribution in [0.2, 0.25) is 0 Å². The molecule has 142 valence electrons. The molecule has 1 aromatic carbocycles. The minimum atomic E-state index is -0.852. The van der Waals surface area contributed by atoms with Crippen molar-refractivity contribution < 1.29 is 19.5 Å². The Labute approximate surface area is 153 Å². The zero-order valence-corrected chi connectivity index (χ0v) is 15.3. The maximum absolute atomic E-state index is 12.4. The molecule has 1 aromatic rings. The molecule has 0 unspecified atom stereocenters. The Hall–Kier alpha value is -2.41. The molecular formula is C19H27N3O4. The van der Waals surface area contributed by atoms with Gasteiger partial charge in [0.2, 0.25) is 5.91 Å². The quantitative estimate of drug-likeness (QED) is 0.573. The van der Waals surface area contributed by atoms with Crippen LogP contribution in [0.15, 0.2) is 30.3 Å². The number of benzene rings is 1. The number of urea groups is 1. The van der Waals surface area contributed by atoms with Crippen LogP contribution in [0.1, 0.15) is 32.3 Å². The molecular weight excluding hydrogens is 334 g/mol. The normalized spacial score (nSPS) is 19.2. The van der Waals surface area contributed by atoms with E-state index in [1.54, 1.807) is 0 Å². The highest BCUT2D eigenvalue weighted by molar-refractivity contribution is 6.05. The van der Waals surface area contributed by atoms with Gasteiger partial charge in [-0.05, 0) is 17.9 Å². The lowest BCUT2D eigenvalue weighted by atomic mass is 9.99. The summed E-state index contributed by atoms with van der Waals surface area (Å²) in [5.74, 6) is -0.613. The molecule has 1 saturated heterocycles. The van der Waals surface area contributed by atoms with Gasteiger partial charge in [0.15, 0.2) is 0 Å². The Bertz CT molecular complexity index is 635. The van der Waals surface area contributed by atoms with E-state index in [0.717, 1.165) is 16.9 Å². The lowest BCUT2D eigenvalue weighted by Crippen LogP contribution is -2.45. The Balaban J connectivity index is 1.88. The topological polar surface area (TPSA) is 98.7 Å². The molecule has 3 atom stereocenters. The Morgan fingerprint density at radius 1 is 1.31 bits per heavy atom. The third kappa shape index (κ3) is 5.05. The minimum Gasteiger partial charge on any atom is -0.394 e. The maximum Gasteiger partial charge on any atom is 0.324 e. The number of nitrogens with one attached hydrogen (secondary N) is 2. The first-order valence-electron chi connectivity index (χ1n) is 9.02. The third-order valence-corrected chi connectivity index (χ3v) is 4.84. The van der Waals surface area contributed by atoms with Gasteiger partial charge in [-0.1, -0.05) is 50.6 Å². The predicted octanol–water partition coefficient (Wildman–Crippen LogP) is 1.06. The fraction of sp³-hybridized carbons (Fsp3) is 0.526. The van der Waals surface area contributed by atoms with Crippen LogP contribution in [0.25, 0.3) is 0 Å². The Kier molecular flexibility index (Phi) is 7.15. The summed E-state index contributed by atoms with van der Waals surface area (Å²) in [4.78, 5) is 37.8. The van der Waals surface area contributed by atoms with E-state index < -0.39 is 12.1 Å². The van der Waals surface area contributed by atoms with Crippen molar-refractivity contribution in [3.63, 3.8) is 0 Å². The number of aliphatic hydroxyl groups is 1. The SMILES string of the molecule is CC[C@H](C)[C@@H](CO)NC(=O)C[C@@H]1NC(=O)N(CCc2ccccc2)C1=O. The molecule has 1 fully saturated rings. The summed E-state index contributed by atoms with van der Waals surface area (Å²) in [7, 11) is 0. The van der Waals surface area contributed by atoms with Gasteiger partial charge in [0.1, 0.15) is 6.04 Å². The van der Waals surface area contributed by atoms with Gasteiger partial charge in [0.05, 0.1) is 19.1 Å². The van der Waals surface area contributed by atoms with Gasteiger partial charge >= 0.3 is 6.03 Å². The smallest absolute Gasteiger partial charge is 0.324 e. The van der Waals surface area contributed by atoms with Crippen molar-refractivity contribution in [2.24, 2.45) is 5.92 Å². The maximum atomic E-state index is 12.4. The number of imide groups is 1. The highest BCUT2D eigenvalue weighted by Gasteiger charge is 2.38. The minimum absolute atomic E-state index is 0.125. The lowest BCUT2D eigenvalue weighted by molar-refractivity contribution is -0.131. The first-order chi connectivity index (χ1) is 12.5. The van der Waals surface area contributed by atoms with Gasteiger partial charge in [0, 0.05) is 6.54 Å². The molecule has 2 rings (SSSR count). The van der Waals surface area contributed by atoms with Gasteiger partial charge in [-0.2, -0.15) is 0 Å². The molecule has 1 heterocycles. The summed E-state index contributed by atoms with van der Waals surface area (Å²) in [5.41, 5.74) is 1.04. The molecule has 0 aromatic heterocycles. The molecule has 4 amide bonds. The highest BCUT2D eigenvalue weighted by Crippen LogP contribution is 2.12. The molecule has 0 radical (unpaired) electrons. The molecule has 26 heavy (non-hydrogen) atoms. The van der Waals surface area contributed by atoms with Crippen LogP contribution in [0.5, 0.6) is 0 Å². The summed E-state index contributed by atoms with van der Waals surface area (Å²) in [5, 5.41) is 14.7. The van der Waals surface area contributed by atoms with Crippen LogP contribution in [0, 0.1) is 5.92 Å². The molecule has 0 aliphatic carbocycles. The van der Waals surface area contributed by atoms with Gasteiger partial charge in [-0.15, -0.1) is 0 Å². The second kappa shape index (κ2) is 9.33. The van der Waals surface area contributed by atoms with Crippen molar-refractivity contribution in [1.29, 1.82) is 0 Å². The molecule has 3 N–H and O–H groups in total. The highest BCUT2D eigenvalue weighted by atomic mass is 16.3. The number of amides is 4. The van der Waals surface area contributed by atoms with E-state index in [2.05, 4.69) is 10.6 Å². The van der Waals surface area contributed by atoms with Crippen molar-refractivity contribution in [1.82, 2.24) is 15.5 Å². The van der Waals surface area contributed by atoms with Gasteiger partial charge in [0.25, 0.3) is 5.91 Å². The number of rotatable bonds is 9. The summed E-state index contributed by atoms with van der Waals surface area (Å²) < 4.78 is 0. The van der Waals surface area contributed by atoms with Crippen molar-refractivity contribution in [2.45, 2.75) is 45.2 Å². The second-order valence-corrected chi connectivity index (χ2v) is 6.67. The average molecular weight is 361 g/mol. The summed E-state index contributed by atoms with van der Waals surface area (Å²) in [6, 6.07) is 7.92. The summed E-state index contributed by atoms with van der Waals surface area (Å²) >= 11 is 0.